The predicted molar refractivity (Wildman–Crippen MR) is 113 cm³/mol. The minimum absolute atomic E-state index is 0.0872. The second kappa shape index (κ2) is 9.60. The summed E-state index contributed by atoms with van der Waals surface area (Å²) in [6.45, 7) is -1.06. The van der Waals surface area contributed by atoms with Gasteiger partial charge in [0.1, 0.15) is 24.1 Å². The molecule has 4 atom stereocenters. The van der Waals surface area contributed by atoms with Gasteiger partial charge in [-0.1, -0.05) is 18.2 Å². The average molecular weight is 497 g/mol. The van der Waals surface area contributed by atoms with E-state index in [1.807, 2.05) is 0 Å². The van der Waals surface area contributed by atoms with Gasteiger partial charge < -0.3 is 29.5 Å². The summed E-state index contributed by atoms with van der Waals surface area (Å²) in [5.41, 5.74) is -0.924. The van der Waals surface area contributed by atoms with E-state index in [4.69, 9.17) is 19.3 Å². The number of nitrogens with one attached hydrogen (secondary N) is 2. The van der Waals surface area contributed by atoms with Crippen LogP contribution in [0.3, 0.4) is 0 Å². The first-order chi connectivity index (χ1) is 16.1. The second-order valence-electron chi connectivity index (χ2n) is 7.22. The number of hydrogen-bond donors (Lipinski definition) is 6. The van der Waals surface area contributed by atoms with E-state index in [9.17, 15) is 24.4 Å². The lowest BCUT2D eigenvalue weighted by Crippen LogP contribution is -2.33. The molecule has 0 aliphatic carbocycles. The molecule has 16 heteroatoms. The molecule has 34 heavy (non-hydrogen) atoms. The first-order valence-corrected chi connectivity index (χ1v) is 11.3. The average Bonchev–Trinajstić information content (AvgIpc) is 3.32. The summed E-state index contributed by atoms with van der Waals surface area (Å²) in [7, 11) is -4.84. The predicted octanol–water partition coefficient (Wildman–Crippen LogP) is -1.13. The molecule has 0 bridgehead atoms. The minimum Gasteiger partial charge on any atom is -0.484 e. The molecule has 3 heterocycles. The molecule has 0 radical (unpaired) electrons. The first kappa shape index (κ1) is 24.0. The van der Waals surface area contributed by atoms with Gasteiger partial charge in [0.2, 0.25) is 5.95 Å². The van der Waals surface area contributed by atoms with Gasteiger partial charge in [-0.15, -0.1) is 0 Å². The van der Waals surface area contributed by atoms with Gasteiger partial charge in [0.15, 0.2) is 24.0 Å². The monoisotopic (exact) mass is 497 g/mol. The van der Waals surface area contributed by atoms with Crippen LogP contribution in [0.15, 0.2) is 41.5 Å². The molecule has 1 saturated heterocycles. The molecule has 6 N–H and O–H groups in total. The molecule has 1 aliphatic heterocycles. The number of aromatic amines is 1. The van der Waals surface area contributed by atoms with E-state index in [2.05, 4.69) is 24.8 Å². The Hall–Kier alpha value is -3.17. The van der Waals surface area contributed by atoms with Crippen molar-refractivity contribution in [2.75, 3.05) is 18.5 Å². The van der Waals surface area contributed by atoms with Gasteiger partial charge in [0.25, 0.3) is 11.5 Å². The summed E-state index contributed by atoms with van der Waals surface area (Å²) >= 11 is 0. The van der Waals surface area contributed by atoms with Crippen molar-refractivity contribution in [2.45, 2.75) is 24.5 Å². The van der Waals surface area contributed by atoms with Gasteiger partial charge in [-0.3, -0.25) is 29.0 Å². The third-order valence-electron chi connectivity index (χ3n) is 4.82. The summed E-state index contributed by atoms with van der Waals surface area (Å²) in [5.74, 6) is -0.370. The summed E-state index contributed by atoms with van der Waals surface area (Å²) < 4.78 is 27.2. The number of phosphoric ester groups is 1. The summed E-state index contributed by atoms with van der Waals surface area (Å²) in [4.78, 5) is 52.7. The zero-order chi connectivity index (χ0) is 24.5. The number of aromatic nitrogens is 4. The number of carbonyl (C=O) groups is 1. The van der Waals surface area contributed by atoms with Crippen LogP contribution < -0.4 is 15.6 Å². The number of H-pyrrole nitrogens is 1. The number of anilines is 1. The summed E-state index contributed by atoms with van der Waals surface area (Å²) in [6, 6.07) is 8.59. The third-order valence-corrected chi connectivity index (χ3v) is 5.31. The van der Waals surface area contributed by atoms with E-state index in [0.29, 0.717) is 5.75 Å². The lowest BCUT2D eigenvalue weighted by molar-refractivity contribution is -0.118. The first-order valence-electron chi connectivity index (χ1n) is 9.78. The fourth-order valence-electron chi connectivity index (χ4n) is 3.27. The number of carbonyl (C=O) groups excluding carboxylic acids is 1. The molecule has 1 aromatic carbocycles. The van der Waals surface area contributed by atoms with Crippen molar-refractivity contribution in [1.29, 1.82) is 0 Å². The topological polar surface area (TPSA) is 218 Å². The van der Waals surface area contributed by atoms with Crippen LogP contribution in [-0.4, -0.2) is 77.0 Å². The Balaban J connectivity index is 1.51. The number of fused-ring (bicyclic) bond motifs is 1. The van der Waals surface area contributed by atoms with Crippen molar-refractivity contribution in [2.24, 2.45) is 0 Å². The normalized spacial score (nSPS) is 22.7. The van der Waals surface area contributed by atoms with Crippen LogP contribution in [0.25, 0.3) is 11.2 Å². The summed E-state index contributed by atoms with van der Waals surface area (Å²) in [6.07, 6.45) is -4.61. The maximum atomic E-state index is 12.4. The van der Waals surface area contributed by atoms with Crippen molar-refractivity contribution < 1.29 is 43.4 Å². The Kier molecular flexibility index (Phi) is 6.77. The molecule has 1 fully saturated rings. The molecule has 15 nitrogen and oxygen atoms in total. The van der Waals surface area contributed by atoms with Crippen LogP contribution in [0.4, 0.5) is 5.95 Å². The van der Waals surface area contributed by atoms with E-state index < -0.39 is 50.4 Å². The molecule has 0 spiro atoms. The number of imidazole rings is 1. The fraction of sp³-hybridized carbons (Fsp3) is 0.333. The van der Waals surface area contributed by atoms with Crippen molar-refractivity contribution in [1.82, 2.24) is 19.5 Å². The maximum absolute atomic E-state index is 12.4. The van der Waals surface area contributed by atoms with Crippen LogP contribution in [0, 0.1) is 0 Å². The minimum atomic E-state index is -4.84. The number of amides is 1. The van der Waals surface area contributed by atoms with E-state index in [0.717, 1.165) is 10.9 Å². The van der Waals surface area contributed by atoms with Gasteiger partial charge in [-0.2, -0.15) is 4.98 Å². The van der Waals surface area contributed by atoms with E-state index in [1.165, 1.54) is 0 Å². The number of aliphatic hydroxyl groups is 2. The van der Waals surface area contributed by atoms with Gasteiger partial charge in [0.05, 0.1) is 12.9 Å². The Bertz CT molecular complexity index is 1280. The number of phosphoric acid groups is 1. The molecular formula is C18H20N5O10P. The Morgan fingerprint density at radius 1 is 1.24 bits per heavy atom. The van der Waals surface area contributed by atoms with Gasteiger partial charge in [-0.25, -0.2) is 9.55 Å². The van der Waals surface area contributed by atoms with Gasteiger partial charge in [0, 0.05) is 0 Å². The Morgan fingerprint density at radius 3 is 2.68 bits per heavy atom. The van der Waals surface area contributed by atoms with E-state index >= 15 is 0 Å². The summed E-state index contributed by atoms with van der Waals surface area (Å²) in [5, 5.41) is 22.9. The largest absolute Gasteiger partial charge is 0.484 e. The SMILES string of the molecule is O=C(COc1ccccc1)Nc1nc2c(ncn2[C@@H]2O[C@H](COP(=O)(O)O)[C@@H](O)[C@H]2O)c(=O)[nH]1. The lowest BCUT2D eigenvalue weighted by atomic mass is 10.1. The Labute approximate surface area is 190 Å². The number of benzene rings is 1. The highest BCUT2D eigenvalue weighted by Crippen LogP contribution is 2.38. The molecule has 2 aromatic heterocycles. The molecule has 182 valence electrons. The lowest BCUT2D eigenvalue weighted by Gasteiger charge is -2.16. The van der Waals surface area contributed by atoms with Crippen LogP contribution in [0.2, 0.25) is 0 Å². The maximum Gasteiger partial charge on any atom is 0.469 e. The fourth-order valence-corrected chi connectivity index (χ4v) is 3.61. The number of para-hydroxylation sites is 1. The van der Waals surface area contributed by atoms with Crippen molar-refractivity contribution in [3.63, 3.8) is 0 Å². The number of rotatable bonds is 8. The number of nitrogens with zero attached hydrogens (tertiary/aromatic N) is 3. The molecule has 4 rings (SSSR count). The molecule has 1 aliphatic rings. The molecule has 0 unspecified atom stereocenters. The third kappa shape index (κ3) is 5.31. The quantitative estimate of drug-likeness (QED) is 0.204. The highest BCUT2D eigenvalue weighted by Gasteiger charge is 2.45. The Morgan fingerprint density at radius 2 is 1.97 bits per heavy atom. The molecule has 1 amide bonds. The number of aliphatic hydroxyl groups excluding tert-OH is 2. The van der Waals surface area contributed by atoms with Crippen LogP contribution in [0.5, 0.6) is 5.75 Å². The van der Waals surface area contributed by atoms with Crippen molar-refractivity contribution in [3.05, 3.63) is 47.0 Å². The van der Waals surface area contributed by atoms with Gasteiger partial charge in [-0.05, 0) is 12.1 Å². The zero-order valence-corrected chi connectivity index (χ0v) is 18.1. The molecule has 3 aromatic rings. The van der Waals surface area contributed by atoms with Crippen molar-refractivity contribution in [3.8, 4) is 5.75 Å². The molecular weight excluding hydrogens is 477 g/mol. The van der Waals surface area contributed by atoms with Crippen LogP contribution in [-0.2, 0) is 18.6 Å². The van der Waals surface area contributed by atoms with E-state index in [-0.39, 0.29) is 23.7 Å². The van der Waals surface area contributed by atoms with Gasteiger partial charge >= 0.3 is 7.82 Å². The zero-order valence-electron chi connectivity index (χ0n) is 17.2. The number of hydrogen-bond acceptors (Lipinski definition) is 10. The smallest absolute Gasteiger partial charge is 0.469 e. The number of ether oxygens (including phenoxy) is 2. The van der Waals surface area contributed by atoms with Crippen molar-refractivity contribution >= 4 is 30.8 Å². The highest BCUT2D eigenvalue weighted by atomic mass is 31.2. The highest BCUT2D eigenvalue weighted by molar-refractivity contribution is 7.46. The second-order valence-corrected chi connectivity index (χ2v) is 8.46. The van der Waals surface area contributed by atoms with E-state index in [1.54, 1.807) is 30.3 Å². The van der Waals surface area contributed by atoms with Crippen LogP contribution in [0.1, 0.15) is 6.23 Å². The standard InChI is InChI=1S/C18H20N5O10P/c24-11(7-31-9-4-2-1-3-5-9)20-18-21-15-12(16(27)22-18)19-8-23(15)17-14(26)13(25)10(33-17)6-32-34(28,29)30/h1-5,8,10,13-14,17,25-26H,6-7H2,(H2,28,29,30)(H2,20,21,22,24,27)/t10-,13-,14-,17-/m1/s1. The van der Waals surface area contributed by atoms with Crippen LogP contribution >= 0.6 is 7.82 Å². The molecule has 0 saturated carbocycles.